The Labute approximate surface area is 91.5 Å². The van der Waals surface area contributed by atoms with Crippen LogP contribution in [0, 0.1) is 0 Å². The maximum Gasteiger partial charge on any atom is 0.127 e. The fourth-order valence-corrected chi connectivity index (χ4v) is 1.42. The Morgan fingerprint density at radius 1 is 1.54 bits per heavy atom. The van der Waals surface area contributed by atoms with Gasteiger partial charge >= 0.3 is 0 Å². The fraction of sp³-hybridized carbons (Fsp3) is 0.200. The predicted octanol–water partition coefficient (Wildman–Crippen LogP) is 3.71. The molecule has 1 nitrogen and oxygen atoms in total. The highest BCUT2D eigenvalue weighted by atomic mass is 79.9. The molecule has 0 fully saturated rings. The fourth-order valence-electron chi connectivity index (χ4n) is 0.994. The summed E-state index contributed by atoms with van der Waals surface area (Å²) in [6, 6.07) is 5.87. The molecule has 0 aliphatic rings. The lowest BCUT2D eigenvalue weighted by Crippen LogP contribution is -1.86. The van der Waals surface area contributed by atoms with Gasteiger partial charge in [0, 0.05) is 15.9 Å². The van der Waals surface area contributed by atoms with Gasteiger partial charge in [0.05, 0.1) is 7.11 Å². The minimum absolute atomic E-state index is 0.513. The van der Waals surface area contributed by atoms with Gasteiger partial charge in [-0.25, -0.2) is 0 Å². The molecule has 3 heteroatoms. The second kappa shape index (κ2) is 5.30. The van der Waals surface area contributed by atoms with Crippen LogP contribution >= 0.6 is 27.5 Å². The summed E-state index contributed by atoms with van der Waals surface area (Å²) >= 11 is 8.92. The molecule has 0 atom stereocenters. The van der Waals surface area contributed by atoms with Crippen molar-refractivity contribution in [2.45, 2.75) is 0 Å². The summed E-state index contributed by atoms with van der Waals surface area (Å²) in [6.07, 6.45) is 3.82. The van der Waals surface area contributed by atoms with Crippen LogP contribution in [-0.2, 0) is 0 Å². The van der Waals surface area contributed by atoms with Gasteiger partial charge in [-0.15, -0.1) is 11.6 Å². The summed E-state index contributed by atoms with van der Waals surface area (Å²) in [5.74, 6) is 1.36. The second-order valence-corrected chi connectivity index (χ2v) is 3.67. The van der Waals surface area contributed by atoms with Crippen molar-refractivity contribution >= 4 is 33.6 Å². The van der Waals surface area contributed by atoms with E-state index in [1.54, 1.807) is 7.11 Å². The Kier molecular flexibility index (Phi) is 4.33. The van der Waals surface area contributed by atoms with Crippen LogP contribution in [0.5, 0.6) is 5.75 Å². The van der Waals surface area contributed by atoms with E-state index < -0.39 is 0 Å². The van der Waals surface area contributed by atoms with E-state index in [-0.39, 0.29) is 0 Å². The molecule has 0 heterocycles. The number of ether oxygens (including phenoxy) is 1. The van der Waals surface area contributed by atoms with E-state index in [0.29, 0.717) is 5.88 Å². The Balaban J connectivity index is 2.99. The van der Waals surface area contributed by atoms with Crippen LogP contribution in [-0.4, -0.2) is 13.0 Å². The maximum absolute atomic E-state index is 5.54. The van der Waals surface area contributed by atoms with Crippen molar-refractivity contribution in [2.24, 2.45) is 0 Å². The van der Waals surface area contributed by atoms with E-state index in [1.165, 1.54) is 0 Å². The van der Waals surface area contributed by atoms with Crippen molar-refractivity contribution in [3.05, 3.63) is 34.3 Å². The van der Waals surface area contributed by atoms with E-state index >= 15 is 0 Å². The molecule has 0 saturated heterocycles. The molecule has 0 bridgehead atoms. The Hall–Kier alpha value is -0.470. The van der Waals surface area contributed by atoms with Gasteiger partial charge in [0.15, 0.2) is 0 Å². The van der Waals surface area contributed by atoms with E-state index in [2.05, 4.69) is 15.9 Å². The van der Waals surface area contributed by atoms with Crippen LogP contribution in [0.25, 0.3) is 6.08 Å². The summed E-state index contributed by atoms with van der Waals surface area (Å²) < 4.78 is 6.21. The van der Waals surface area contributed by atoms with Crippen molar-refractivity contribution in [1.82, 2.24) is 0 Å². The lowest BCUT2D eigenvalue weighted by molar-refractivity contribution is 0.413. The summed E-state index contributed by atoms with van der Waals surface area (Å²) in [5.41, 5.74) is 1.03. The molecule has 70 valence electrons. The first-order valence-corrected chi connectivity index (χ1v) is 5.16. The zero-order valence-corrected chi connectivity index (χ0v) is 9.60. The molecule has 1 aromatic rings. The normalized spacial score (nSPS) is 10.7. The second-order valence-electron chi connectivity index (χ2n) is 2.44. The highest BCUT2D eigenvalue weighted by Crippen LogP contribution is 2.24. The summed E-state index contributed by atoms with van der Waals surface area (Å²) in [5, 5.41) is 0. The van der Waals surface area contributed by atoms with Crippen LogP contribution < -0.4 is 4.74 Å². The topological polar surface area (TPSA) is 9.23 Å². The summed E-state index contributed by atoms with van der Waals surface area (Å²) in [7, 11) is 1.65. The highest BCUT2D eigenvalue weighted by molar-refractivity contribution is 9.10. The molecule has 1 rings (SSSR count). The van der Waals surface area contributed by atoms with Gasteiger partial charge in [-0.1, -0.05) is 34.1 Å². The molecule has 0 aliphatic heterocycles. The van der Waals surface area contributed by atoms with E-state index in [0.717, 1.165) is 15.8 Å². The lowest BCUT2D eigenvalue weighted by Gasteiger charge is -2.04. The third-order valence-corrected chi connectivity index (χ3v) is 2.25. The van der Waals surface area contributed by atoms with Crippen molar-refractivity contribution < 1.29 is 4.74 Å². The lowest BCUT2D eigenvalue weighted by atomic mass is 10.2. The number of hydrogen-bond acceptors (Lipinski definition) is 1. The average molecular weight is 262 g/mol. The number of methoxy groups -OCH3 is 1. The van der Waals surface area contributed by atoms with Crippen molar-refractivity contribution in [1.29, 1.82) is 0 Å². The number of benzene rings is 1. The van der Waals surface area contributed by atoms with E-state index in [9.17, 15) is 0 Å². The monoisotopic (exact) mass is 260 g/mol. The Morgan fingerprint density at radius 2 is 2.31 bits per heavy atom. The highest BCUT2D eigenvalue weighted by Gasteiger charge is 1.98. The van der Waals surface area contributed by atoms with Gasteiger partial charge in [0.2, 0.25) is 0 Å². The maximum atomic E-state index is 5.54. The molecule has 0 saturated carbocycles. The minimum atomic E-state index is 0.513. The standard InChI is InChI=1S/C10H10BrClO/c1-13-10-7-9(11)5-4-8(10)3-2-6-12/h2-5,7H,6H2,1H3. The molecule has 0 unspecified atom stereocenters. The molecule has 1 aromatic carbocycles. The third kappa shape index (κ3) is 3.05. The molecule has 0 aliphatic carbocycles. The van der Waals surface area contributed by atoms with Gasteiger partial charge in [-0.3, -0.25) is 0 Å². The first-order chi connectivity index (χ1) is 6.27. The van der Waals surface area contributed by atoms with Crippen molar-refractivity contribution in [3.63, 3.8) is 0 Å². The van der Waals surface area contributed by atoms with Gasteiger partial charge in [0.25, 0.3) is 0 Å². The number of allylic oxidation sites excluding steroid dienone is 1. The SMILES string of the molecule is COc1cc(Br)ccc1C=CCCl. The molecule has 0 aromatic heterocycles. The van der Waals surface area contributed by atoms with E-state index in [1.807, 2.05) is 30.4 Å². The molecule has 13 heavy (non-hydrogen) atoms. The van der Waals surface area contributed by atoms with Gasteiger partial charge in [-0.05, 0) is 12.1 Å². The molecular formula is C10H10BrClO. The van der Waals surface area contributed by atoms with Gasteiger partial charge < -0.3 is 4.74 Å². The molecule has 0 spiro atoms. The first-order valence-electron chi connectivity index (χ1n) is 3.84. The minimum Gasteiger partial charge on any atom is -0.496 e. The van der Waals surface area contributed by atoms with Gasteiger partial charge in [-0.2, -0.15) is 0 Å². The zero-order valence-electron chi connectivity index (χ0n) is 7.26. The first kappa shape index (κ1) is 10.6. The zero-order chi connectivity index (χ0) is 9.68. The van der Waals surface area contributed by atoms with Crippen LogP contribution in [0.15, 0.2) is 28.7 Å². The van der Waals surface area contributed by atoms with Crippen LogP contribution in [0.4, 0.5) is 0 Å². The molecular weight excluding hydrogens is 251 g/mol. The average Bonchev–Trinajstić information content (AvgIpc) is 2.16. The molecule has 0 amide bonds. The molecule has 0 N–H and O–H groups in total. The molecule has 0 radical (unpaired) electrons. The third-order valence-electron chi connectivity index (χ3n) is 1.58. The Morgan fingerprint density at radius 3 is 2.92 bits per heavy atom. The van der Waals surface area contributed by atoms with Crippen molar-refractivity contribution in [2.75, 3.05) is 13.0 Å². The number of alkyl halides is 1. The van der Waals surface area contributed by atoms with Crippen molar-refractivity contribution in [3.8, 4) is 5.75 Å². The number of rotatable bonds is 3. The summed E-state index contributed by atoms with van der Waals surface area (Å²) in [6.45, 7) is 0. The van der Waals surface area contributed by atoms with Crippen LogP contribution in [0.1, 0.15) is 5.56 Å². The van der Waals surface area contributed by atoms with Gasteiger partial charge in [0.1, 0.15) is 5.75 Å². The van der Waals surface area contributed by atoms with E-state index in [4.69, 9.17) is 16.3 Å². The number of halogens is 2. The quantitative estimate of drug-likeness (QED) is 0.754. The van der Waals surface area contributed by atoms with Crippen LogP contribution in [0.3, 0.4) is 0 Å². The number of hydrogen-bond donors (Lipinski definition) is 0. The summed E-state index contributed by atoms with van der Waals surface area (Å²) in [4.78, 5) is 0. The Bertz CT molecular complexity index is 310. The predicted molar refractivity (Wildman–Crippen MR) is 60.4 cm³/mol. The largest absolute Gasteiger partial charge is 0.496 e. The smallest absolute Gasteiger partial charge is 0.127 e. The van der Waals surface area contributed by atoms with Crippen LogP contribution in [0.2, 0.25) is 0 Å².